The Morgan fingerprint density at radius 1 is 1.25 bits per heavy atom. The molecule has 1 aliphatic rings. The van der Waals surface area contributed by atoms with Crippen LogP contribution in [-0.4, -0.2) is 21.0 Å². The van der Waals surface area contributed by atoms with Crippen LogP contribution in [0.1, 0.15) is 19.3 Å². The zero-order chi connectivity index (χ0) is 14.0. The maximum absolute atomic E-state index is 13.5. The molecule has 0 saturated heterocycles. The van der Waals surface area contributed by atoms with Crippen molar-refractivity contribution in [2.24, 2.45) is 11.7 Å². The summed E-state index contributed by atoms with van der Waals surface area (Å²) in [6.45, 7) is 0.354. The number of rotatable bonds is 4. The molecule has 0 spiro atoms. The van der Waals surface area contributed by atoms with Crippen LogP contribution in [0, 0.1) is 17.6 Å². The molecule has 2 atom stereocenters. The fourth-order valence-electron chi connectivity index (χ4n) is 2.47. The molecule has 4 nitrogen and oxygen atoms in total. The molecule has 0 aliphatic heterocycles. The van der Waals surface area contributed by atoms with E-state index in [4.69, 9.17) is 5.73 Å². The second-order valence-corrected chi connectivity index (χ2v) is 6.36. The third kappa shape index (κ3) is 3.46. The maximum atomic E-state index is 13.5. The number of sulfonamides is 1. The normalized spacial score (nSPS) is 22.6. The first-order valence-corrected chi connectivity index (χ1v) is 7.60. The first-order valence-electron chi connectivity index (χ1n) is 6.12. The highest BCUT2D eigenvalue weighted by Crippen LogP contribution is 2.27. The van der Waals surface area contributed by atoms with Crippen LogP contribution in [0.5, 0.6) is 0 Å². The van der Waals surface area contributed by atoms with E-state index in [-0.39, 0.29) is 24.4 Å². The van der Waals surface area contributed by atoms with Gasteiger partial charge in [-0.3, -0.25) is 0 Å². The molecule has 0 aromatic heterocycles. The summed E-state index contributed by atoms with van der Waals surface area (Å²) in [4.78, 5) is -0.919. The SMILES string of the molecule is Cl.NCC1CCCC1NS(=O)(=O)c1c(F)cccc1F. The van der Waals surface area contributed by atoms with Gasteiger partial charge in [0, 0.05) is 6.04 Å². The molecule has 20 heavy (non-hydrogen) atoms. The molecule has 3 N–H and O–H groups in total. The van der Waals surface area contributed by atoms with E-state index in [1.165, 1.54) is 0 Å². The molecule has 1 aromatic carbocycles. The van der Waals surface area contributed by atoms with Crippen LogP contribution in [0.25, 0.3) is 0 Å². The minimum atomic E-state index is -4.20. The molecule has 114 valence electrons. The fraction of sp³-hybridized carbons (Fsp3) is 0.500. The second-order valence-electron chi connectivity index (χ2n) is 4.71. The molecule has 0 radical (unpaired) electrons. The summed E-state index contributed by atoms with van der Waals surface area (Å²) in [6, 6.07) is 2.62. The van der Waals surface area contributed by atoms with E-state index < -0.39 is 26.6 Å². The molecule has 1 saturated carbocycles. The maximum Gasteiger partial charge on any atom is 0.246 e. The van der Waals surface area contributed by atoms with Crippen LogP contribution in [0.15, 0.2) is 23.1 Å². The predicted octanol–water partition coefficient (Wildman–Crippen LogP) is 1.79. The molecule has 1 aliphatic carbocycles. The van der Waals surface area contributed by atoms with Crippen molar-refractivity contribution in [2.75, 3.05) is 6.54 Å². The van der Waals surface area contributed by atoms with Crippen LogP contribution in [0.4, 0.5) is 8.78 Å². The van der Waals surface area contributed by atoms with Gasteiger partial charge in [-0.2, -0.15) is 0 Å². The first kappa shape index (κ1) is 17.3. The Morgan fingerprint density at radius 3 is 2.40 bits per heavy atom. The zero-order valence-electron chi connectivity index (χ0n) is 10.7. The Morgan fingerprint density at radius 2 is 1.85 bits per heavy atom. The summed E-state index contributed by atoms with van der Waals surface area (Å²) in [5, 5.41) is 0. The van der Waals surface area contributed by atoms with E-state index >= 15 is 0 Å². The number of hydrogen-bond acceptors (Lipinski definition) is 3. The monoisotopic (exact) mass is 326 g/mol. The number of halogens is 3. The number of benzene rings is 1. The van der Waals surface area contributed by atoms with Crippen LogP contribution in [-0.2, 0) is 10.0 Å². The van der Waals surface area contributed by atoms with E-state index in [9.17, 15) is 17.2 Å². The minimum Gasteiger partial charge on any atom is -0.330 e. The molecule has 0 heterocycles. The summed E-state index contributed by atoms with van der Waals surface area (Å²) in [7, 11) is -4.20. The zero-order valence-corrected chi connectivity index (χ0v) is 12.3. The van der Waals surface area contributed by atoms with E-state index in [1.807, 2.05) is 0 Å². The van der Waals surface area contributed by atoms with Gasteiger partial charge < -0.3 is 5.73 Å². The summed E-state index contributed by atoms with van der Waals surface area (Å²) >= 11 is 0. The Balaban J connectivity index is 0.00000200. The van der Waals surface area contributed by atoms with Crippen molar-refractivity contribution in [3.63, 3.8) is 0 Å². The van der Waals surface area contributed by atoms with Crippen molar-refractivity contribution in [3.05, 3.63) is 29.8 Å². The molecule has 1 fully saturated rings. The summed E-state index contributed by atoms with van der Waals surface area (Å²) < 4.78 is 53.5. The molecular formula is C12H17ClF2N2O2S. The van der Waals surface area contributed by atoms with Crippen LogP contribution >= 0.6 is 12.4 Å². The quantitative estimate of drug-likeness (QED) is 0.886. The fourth-order valence-corrected chi connectivity index (χ4v) is 3.95. The van der Waals surface area contributed by atoms with Gasteiger partial charge in [0.1, 0.15) is 11.6 Å². The highest BCUT2D eigenvalue weighted by molar-refractivity contribution is 7.89. The average molecular weight is 327 g/mol. The van der Waals surface area contributed by atoms with Gasteiger partial charge in [0.25, 0.3) is 0 Å². The molecular weight excluding hydrogens is 310 g/mol. The van der Waals surface area contributed by atoms with Gasteiger partial charge in [0.05, 0.1) is 0 Å². The standard InChI is InChI=1S/C12H16F2N2O2S.ClH/c13-9-4-2-5-10(14)12(9)19(17,18)16-11-6-1-3-8(11)7-15;/h2,4-5,8,11,16H,1,3,6-7,15H2;1H. The third-order valence-corrected chi connectivity index (χ3v) is 5.00. The Labute approximate surface area is 123 Å². The summed E-state index contributed by atoms with van der Waals surface area (Å²) in [5.74, 6) is -2.16. The van der Waals surface area contributed by atoms with Gasteiger partial charge in [-0.25, -0.2) is 21.9 Å². The van der Waals surface area contributed by atoms with Gasteiger partial charge in [-0.05, 0) is 37.4 Å². The number of hydrogen-bond donors (Lipinski definition) is 2. The third-order valence-electron chi connectivity index (χ3n) is 3.46. The van der Waals surface area contributed by atoms with E-state index in [1.54, 1.807) is 0 Å². The topological polar surface area (TPSA) is 72.2 Å². The first-order chi connectivity index (χ1) is 8.95. The van der Waals surface area contributed by atoms with Crippen molar-refractivity contribution in [3.8, 4) is 0 Å². The van der Waals surface area contributed by atoms with Crippen molar-refractivity contribution in [1.82, 2.24) is 4.72 Å². The van der Waals surface area contributed by atoms with Gasteiger partial charge in [-0.15, -0.1) is 12.4 Å². The molecule has 0 amide bonds. The summed E-state index contributed by atoms with van der Waals surface area (Å²) in [5.41, 5.74) is 5.56. The highest BCUT2D eigenvalue weighted by Gasteiger charge is 2.32. The molecule has 1 aromatic rings. The van der Waals surface area contributed by atoms with E-state index in [0.29, 0.717) is 13.0 Å². The van der Waals surface area contributed by atoms with Gasteiger partial charge in [0.15, 0.2) is 4.90 Å². The van der Waals surface area contributed by atoms with Crippen molar-refractivity contribution >= 4 is 22.4 Å². The molecule has 8 heteroatoms. The highest BCUT2D eigenvalue weighted by atomic mass is 35.5. The molecule has 2 unspecified atom stereocenters. The Bertz CT molecular complexity index is 548. The average Bonchev–Trinajstić information content (AvgIpc) is 2.74. The van der Waals surface area contributed by atoms with Gasteiger partial charge in [0.2, 0.25) is 10.0 Å². The van der Waals surface area contributed by atoms with Crippen LogP contribution in [0.2, 0.25) is 0 Å². The lowest BCUT2D eigenvalue weighted by molar-refractivity contribution is 0.447. The van der Waals surface area contributed by atoms with E-state index in [0.717, 1.165) is 31.0 Å². The lowest BCUT2D eigenvalue weighted by Gasteiger charge is -2.19. The van der Waals surface area contributed by atoms with Gasteiger partial charge in [-0.1, -0.05) is 12.5 Å². The van der Waals surface area contributed by atoms with Crippen molar-refractivity contribution < 1.29 is 17.2 Å². The van der Waals surface area contributed by atoms with E-state index in [2.05, 4.69) is 4.72 Å². The van der Waals surface area contributed by atoms with Crippen LogP contribution < -0.4 is 10.5 Å². The predicted molar refractivity (Wildman–Crippen MR) is 74.1 cm³/mol. The lowest BCUT2D eigenvalue weighted by atomic mass is 10.1. The van der Waals surface area contributed by atoms with Crippen molar-refractivity contribution in [2.45, 2.75) is 30.2 Å². The van der Waals surface area contributed by atoms with Crippen molar-refractivity contribution in [1.29, 1.82) is 0 Å². The second kappa shape index (κ2) is 6.80. The lowest BCUT2D eigenvalue weighted by Crippen LogP contribution is -2.40. The smallest absolute Gasteiger partial charge is 0.246 e. The van der Waals surface area contributed by atoms with Crippen LogP contribution in [0.3, 0.4) is 0 Å². The number of nitrogens with two attached hydrogens (primary N) is 1. The largest absolute Gasteiger partial charge is 0.330 e. The molecule has 0 bridgehead atoms. The molecule has 2 rings (SSSR count). The van der Waals surface area contributed by atoms with Gasteiger partial charge >= 0.3 is 0 Å². The Hall–Kier alpha value is -0.760. The summed E-state index contributed by atoms with van der Waals surface area (Å²) in [6.07, 6.45) is 2.31. The number of nitrogens with one attached hydrogen (secondary N) is 1. The minimum absolute atomic E-state index is 0. The Kier molecular flexibility index (Phi) is 5.88.